The van der Waals surface area contributed by atoms with Gasteiger partial charge in [0.1, 0.15) is 0 Å². The van der Waals surface area contributed by atoms with Crippen molar-refractivity contribution in [2.75, 3.05) is 13.1 Å². The molecule has 0 aromatic heterocycles. The molecular weight excluding hydrogens is 134 g/mol. The summed E-state index contributed by atoms with van der Waals surface area (Å²) in [5.74, 6) is 0. The Labute approximate surface area is 62.8 Å². The molecule has 0 spiro atoms. The highest BCUT2D eigenvalue weighted by Gasteiger charge is 1.92. The van der Waals surface area contributed by atoms with Crippen LogP contribution < -0.4 is 5.32 Å². The Morgan fingerprint density at radius 3 is 2.56 bits per heavy atom. The highest BCUT2D eigenvalue weighted by Crippen LogP contribution is 1.96. The van der Waals surface area contributed by atoms with Gasteiger partial charge < -0.3 is 5.32 Å². The summed E-state index contributed by atoms with van der Waals surface area (Å²) in [5, 5.41) is 3.60. The van der Waals surface area contributed by atoms with Crippen LogP contribution in [-0.4, -0.2) is 18.5 Å². The molecule has 0 rings (SSSR count). The van der Waals surface area contributed by atoms with E-state index in [0.717, 1.165) is 19.5 Å². The molecule has 0 saturated heterocycles. The van der Waals surface area contributed by atoms with Crippen LogP contribution in [0.2, 0.25) is 0 Å². The molecule has 0 aromatic rings. The van der Waals surface area contributed by atoms with Crippen LogP contribution in [0, 0.1) is 0 Å². The molecule has 1 unspecified atom stereocenters. The average molecular weight is 150 g/mol. The number of hydrogen-bond donors (Lipinski definition) is 1. The number of halogens is 1. The Hall–Kier alpha value is 0.250. The third kappa shape index (κ3) is 8.25. The monoisotopic (exact) mass is 149 g/mol. The third-order valence-electron chi connectivity index (χ3n) is 1.15. The molecule has 0 radical (unpaired) electrons. The third-order valence-corrected chi connectivity index (χ3v) is 1.36. The molecule has 1 N–H and O–H groups in total. The summed E-state index contributed by atoms with van der Waals surface area (Å²) in [6, 6.07) is 0. The molecule has 9 heavy (non-hydrogen) atoms. The molecule has 0 aliphatic rings. The van der Waals surface area contributed by atoms with Gasteiger partial charge >= 0.3 is 0 Å². The lowest BCUT2D eigenvalue weighted by atomic mass is 10.3. The maximum absolute atomic E-state index is 5.72. The smallest absolute Gasteiger partial charge is 0.0319 e. The second-order valence-corrected chi connectivity index (χ2v) is 3.06. The number of alkyl halides is 1. The molecule has 0 aliphatic carbocycles. The topological polar surface area (TPSA) is 12.0 Å². The lowest BCUT2D eigenvalue weighted by Crippen LogP contribution is -2.17. The van der Waals surface area contributed by atoms with Crippen LogP contribution in [0.5, 0.6) is 0 Å². The van der Waals surface area contributed by atoms with Crippen molar-refractivity contribution >= 4 is 11.6 Å². The van der Waals surface area contributed by atoms with Crippen LogP contribution in [0.3, 0.4) is 0 Å². The first-order chi connectivity index (χ1) is 4.27. The van der Waals surface area contributed by atoms with Crippen molar-refractivity contribution in [1.29, 1.82) is 0 Å². The van der Waals surface area contributed by atoms with Crippen LogP contribution in [0.1, 0.15) is 26.7 Å². The van der Waals surface area contributed by atoms with E-state index in [1.807, 2.05) is 6.92 Å². The number of rotatable bonds is 5. The van der Waals surface area contributed by atoms with Gasteiger partial charge in [-0.25, -0.2) is 0 Å². The van der Waals surface area contributed by atoms with Crippen molar-refractivity contribution in [2.45, 2.75) is 32.1 Å². The fourth-order valence-corrected chi connectivity index (χ4v) is 0.712. The average Bonchev–Trinajstić information content (AvgIpc) is 1.80. The fourth-order valence-electron chi connectivity index (χ4n) is 0.603. The van der Waals surface area contributed by atoms with Gasteiger partial charge in [-0.1, -0.05) is 6.92 Å². The van der Waals surface area contributed by atoms with E-state index in [4.69, 9.17) is 11.6 Å². The molecule has 0 fully saturated rings. The van der Waals surface area contributed by atoms with Crippen molar-refractivity contribution in [1.82, 2.24) is 5.32 Å². The molecule has 56 valence electrons. The van der Waals surface area contributed by atoms with Crippen molar-refractivity contribution in [3.63, 3.8) is 0 Å². The van der Waals surface area contributed by atoms with Gasteiger partial charge in [-0.05, 0) is 32.9 Å². The zero-order valence-electron chi connectivity index (χ0n) is 6.28. The van der Waals surface area contributed by atoms with E-state index < -0.39 is 0 Å². The number of hydrogen-bond acceptors (Lipinski definition) is 1. The van der Waals surface area contributed by atoms with Crippen molar-refractivity contribution in [3.05, 3.63) is 0 Å². The SMILES string of the molecule is CCCNCCC(C)Cl. The van der Waals surface area contributed by atoms with E-state index in [9.17, 15) is 0 Å². The summed E-state index contributed by atoms with van der Waals surface area (Å²) in [5.41, 5.74) is 0. The Morgan fingerprint density at radius 2 is 2.11 bits per heavy atom. The van der Waals surface area contributed by atoms with E-state index in [1.54, 1.807) is 0 Å². The first kappa shape index (κ1) is 9.25. The van der Waals surface area contributed by atoms with Gasteiger partial charge in [0.15, 0.2) is 0 Å². The van der Waals surface area contributed by atoms with Crippen LogP contribution >= 0.6 is 11.6 Å². The predicted molar refractivity (Wildman–Crippen MR) is 43.1 cm³/mol. The molecular formula is C7H16ClN. The Morgan fingerprint density at radius 1 is 1.44 bits per heavy atom. The zero-order chi connectivity index (χ0) is 7.11. The summed E-state index contributed by atoms with van der Waals surface area (Å²) in [4.78, 5) is 0. The van der Waals surface area contributed by atoms with Gasteiger partial charge in [-0.2, -0.15) is 0 Å². The maximum Gasteiger partial charge on any atom is 0.0319 e. The van der Waals surface area contributed by atoms with Gasteiger partial charge in [-0.3, -0.25) is 0 Å². The van der Waals surface area contributed by atoms with Crippen LogP contribution in [0.15, 0.2) is 0 Å². The van der Waals surface area contributed by atoms with Gasteiger partial charge in [0.2, 0.25) is 0 Å². The Bertz CT molecular complexity index is 54.9. The van der Waals surface area contributed by atoms with Crippen molar-refractivity contribution < 1.29 is 0 Å². The normalized spacial score (nSPS) is 13.7. The fraction of sp³-hybridized carbons (Fsp3) is 1.00. The van der Waals surface area contributed by atoms with Crippen LogP contribution in [0.25, 0.3) is 0 Å². The lowest BCUT2D eigenvalue weighted by Gasteiger charge is -2.02. The van der Waals surface area contributed by atoms with Crippen LogP contribution in [-0.2, 0) is 0 Å². The van der Waals surface area contributed by atoms with E-state index >= 15 is 0 Å². The molecule has 1 nitrogen and oxygen atoms in total. The van der Waals surface area contributed by atoms with Gasteiger partial charge in [-0.15, -0.1) is 11.6 Å². The first-order valence-corrected chi connectivity index (χ1v) is 4.05. The second-order valence-electron chi connectivity index (χ2n) is 2.32. The summed E-state index contributed by atoms with van der Waals surface area (Å²) >= 11 is 5.72. The van der Waals surface area contributed by atoms with E-state index in [1.165, 1.54) is 6.42 Å². The summed E-state index contributed by atoms with van der Waals surface area (Å²) in [6.07, 6.45) is 2.28. The molecule has 1 atom stereocenters. The minimum atomic E-state index is 0.314. The Balaban J connectivity index is 2.75. The zero-order valence-corrected chi connectivity index (χ0v) is 7.04. The van der Waals surface area contributed by atoms with E-state index in [-0.39, 0.29) is 0 Å². The lowest BCUT2D eigenvalue weighted by molar-refractivity contribution is 0.636. The quantitative estimate of drug-likeness (QED) is 0.466. The second kappa shape index (κ2) is 6.37. The highest BCUT2D eigenvalue weighted by molar-refractivity contribution is 6.20. The van der Waals surface area contributed by atoms with Gasteiger partial charge in [0.25, 0.3) is 0 Å². The van der Waals surface area contributed by atoms with Gasteiger partial charge in [0.05, 0.1) is 0 Å². The minimum Gasteiger partial charge on any atom is -0.317 e. The Kier molecular flexibility index (Phi) is 6.55. The standard InChI is InChI=1S/C7H16ClN/c1-3-5-9-6-4-7(2)8/h7,9H,3-6H2,1-2H3. The van der Waals surface area contributed by atoms with Crippen molar-refractivity contribution in [2.24, 2.45) is 0 Å². The predicted octanol–water partition coefficient (Wildman–Crippen LogP) is 2.00. The number of nitrogens with one attached hydrogen (secondary N) is 1. The van der Waals surface area contributed by atoms with Gasteiger partial charge in [0, 0.05) is 5.38 Å². The molecule has 0 bridgehead atoms. The van der Waals surface area contributed by atoms with Crippen LogP contribution in [0.4, 0.5) is 0 Å². The minimum absolute atomic E-state index is 0.314. The highest BCUT2D eigenvalue weighted by atomic mass is 35.5. The van der Waals surface area contributed by atoms with E-state index in [0.29, 0.717) is 5.38 Å². The molecule has 0 aliphatic heterocycles. The molecule has 0 saturated carbocycles. The maximum atomic E-state index is 5.72. The molecule has 0 amide bonds. The molecule has 2 heteroatoms. The first-order valence-electron chi connectivity index (χ1n) is 3.62. The van der Waals surface area contributed by atoms with E-state index in [2.05, 4.69) is 12.2 Å². The summed E-state index contributed by atoms with van der Waals surface area (Å²) in [7, 11) is 0. The summed E-state index contributed by atoms with van der Waals surface area (Å²) < 4.78 is 0. The molecule has 0 aromatic carbocycles. The molecule has 0 heterocycles. The van der Waals surface area contributed by atoms with Crippen molar-refractivity contribution in [3.8, 4) is 0 Å². The summed E-state index contributed by atoms with van der Waals surface area (Å²) in [6.45, 7) is 6.36. The largest absolute Gasteiger partial charge is 0.317 e.